The lowest BCUT2D eigenvalue weighted by Crippen LogP contribution is -2.21. The molecule has 6 heteroatoms. The fraction of sp³-hybridized carbons (Fsp3) is 0.533. The van der Waals surface area contributed by atoms with Crippen molar-refractivity contribution < 1.29 is 14.3 Å². The zero-order chi connectivity index (χ0) is 15.4. The number of hydrogen-bond donors (Lipinski definition) is 1. The van der Waals surface area contributed by atoms with Crippen LogP contribution in [-0.2, 0) is 13.0 Å². The van der Waals surface area contributed by atoms with Crippen molar-refractivity contribution in [3.05, 3.63) is 35.5 Å². The van der Waals surface area contributed by atoms with Gasteiger partial charge in [0.15, 0.2) is 11.9 Å². The van der Waals surface area contributed by atoms with Gasteiger partial charge in [0.05, 0.1) is 19.9 Å². The van der Waals surface area contributed by atoms with Crippen LogP contribution in [0.3, 0.4) is 0 Å². The third-order valence-corrected chi connectivity index (χ3v) is 3.38. The first-order valence-corrected chi connectivity index (χ1v) is 7.07. The molecule has 6 nitrogen and oxygen atoms in total. The Morgan fingerprint density at radius 2 is 2.19 bits per heavy atom. The highest BCUT2D eigenvalue weighted by Gasteiger charge is 2.24. The van der Waals surface area contributed by atoms with Crippen LogP contribution in [0.1, 0.15) is 30.2 Å². The maximum atomic E-state index is 10.6. The molecule has 116 valence electrons. The van der Waals surface area contributed by atoms with Gasteiger partial charge in [-0.2, -0.15) is 5.10 Å². The first-order valence-electron chi connectivity index (χ1n) is 7.07. The number of hydrogen-bond acceptors (Lipinski definition) is 5. The maximum absolute atomic E-state index is 10.6. The summed E-state index contributed by atoms with van der Waals surface area (Å²) in [5, 5.41) is 14.9. The Labute approximate surface area is 124 Å². The van der Waals surface area contributed by atoms with Crippen LogP contribution in [-0.4, -0.2) is 47.5 Å². The number of nitrogens with zero attached hydrogens (tertiary/aromatic N) is 3. The summed E-state index contributed by atoms with van der Waals surface area (Å²) >= 11 is 0. The molecule has 1 atom stereocenters. The van der Waals surface area contributed by atoms with Crippen LogP contribution in [0.25, 0.3) is 0 Å². The fourth-order valence-electron chi connectivity index (χ4n) is 2.15. The van der Waals surface area contributed by atoms with Crippen molar-refractivity contribution in [3.63, 3.8) is 0 Å². The van der Waals surface area contributed by atoms with Gasteiger partial charge in [0.25, 0.3) is 0 Å². The van der Waals surface area contributed by atoms with E-state index in [2.05, 4.69) is 10.00 Å². The van der Waals surface area contributed by atoms with E-state index in [0.29, 0.717) is 23.7 Å². The van der Waals surface area contributed by atoms with E-state index >= 15 is 0 Å². The molecular weight excluding hydrogens is 270 g/mol. The fourth-order valence-corrected chi connectivity index (χ4v) is 2.15. The number of aryl methyl sites for hydroxylation is 1. The van der Waals surface area contributed by atoms with Gasteiger partial charge in [-0.3, -0.25) is 4.68 Å². The topological polar surface area (TPSA) is 63.7 Å². The molecule has 2 aromatic rings. The van der Waals surface area contributed by atoms with Crippen LogP contribution in [0.2, 0.25) is 0 Å². The van der Waals surface area contributed by atoms with Crippen molar-refractivity contribution in [3.8, 4) is 5.75 Å². The van der Waals surface area contributed by atoms with Gasteiger partial charge < -0.3 is 19.2 Å². The number of methoxy groups -OCH3 is 1. The zero-order valence-electron chi connectivity index (χ0n) is 13.0. The highest BCUT2D eigenvalue weighted by atomic mass is 16.5. The zero-order valence-corrected chi connectivity index (χ0v) is 13.0. The Morgan fingerprint density at radius 1 is 1.43 bits per heavy atom. The van der Waals surface area contributed by atoms with Crippen molar-refractivity contribution in [2.75, 3.05) is 27.7 Å². The lowest BCUT2D eigenvalue weighted by atomic mass is 10.2. The van der Waals surface area contributed by atoms with Gasteiger partial charge in [-0.1, -0.05) is 6.92 Å². The van der Waals surface area contributed by atoms with Crippen LogP contribution < -0.4 is 4.74 Å². The number of aliphatic hydroxyl groups excluding tert-OH is 1. The molecule has 0 bridgehead atoms. The van der Waals surface area contributed by atoms with Gasteiger partial charge in [0.1, 0.15) is 17.2 Å². The predicted octanol–water partition coefficient (Wildman–Crippen LogP) is 1.69. The van der Waals surface area contributed by atoms with E-state index in [0.717, 1.165) is 18.7 Å². The molecular formula is C15H23N3O3. The van der Waals surface area contributed by atoms with Crippen LogP contribution in [0, 0.1) is 0 Å². The molecule has 1 N–H and O–H groups in total. The average molecular weight is 293 g/mol. The Kier molecular flexibility index (Phi) is 5.03. The van der Waals surface area contributed by atoms with E-state index in [9.17, 15) is 5.11 Å². The maximum Gasteiger partial charge on any atom is 0.163 e. The summed E-state index contributed by atoms with van der Waals surface area (Å²) in [6.45, 7) is 3.50. The quantitative estimate of drug-likeness (QED) is 0.841. The van der Waals surface area contributed by atoms with Crippen molar-refractivity contribution in [1.29, 1.82) is 0 Å². The first-order chi connectivity index (χ1) is 10.1. The smallest absolute Gasteiger partial charge is 0.163 e. The molecule has 0 saturated carbocycles. The monoisotopic (exact) mass is 293 g/mol. The number of furan rings is 1. The molecule has 0 radical (unpaired) electrons. The normalized spacial score (nSPS) is 12.9. The highest BCUT2D eigenvalue weighted by Crippen LogP contribution is 2.31. The molecule has 1 unspecified atom stereocenters. The molecule has 2 heterocycles. The van der Waals surface area contributed by atoms with Gasteiger partial charge in [0.2, 0.25) is 0 Å². The van der Waals surface area contributed by atoms with E-state index in [1.165, 1.54) is 0 Å². The van der Waals surface area contributed by atoms with Crippen molar-refractivity contribution in [1.82, 2.24) is 14.7 Å². The third-order valence-electron chi connectivity index (χ3n) is 3.38. The van der Waals surface area contributed by atoms with Crippen LogP contribution in [0.15, 0.2) is 22.7 Å². The van der Waals surface area contributed by atoms with E-state index in [1.807, 2.05) is 27.1 Å². The standard InChI is InChI=1S/C15H23N3O3/c1-5-11-6-7-12(21-11)15(19)14-13(20-4)10-16-18(14)9-8-17(2)3/h6-7,10,15,19H,5,8-9H2,1-4H3. The van der Waals surface area contributed by atoms with Crippen molar-refractivity contribution in [2.24, 2.45) is 0 Å². The van der Waals surface area contributed by atoms with E-state index in [-0.39, 0.29) is 0 Å². The van der Waals surface area contributed by atoms with Crippen molar-refractivity contribution in [2.45, 2.75) is 26.0 Å². The molecule has 0 aliphatic carbocycles. The van der Waals surface area contributed by atoms with Gasteiger partial charge in [0, 0.05) is 13.0 Å². The molecule has 0 fully saturated rings. The summed E-state index contributed by atoms with van der Waals surface area (Å²) in [6, 6.07) is 3.68. The third kappa shape index (κ3) is 3.46. The second-order valence-corrected chi connectivity index (χ2v) is 5.18. The van der Waals surface area contributed by atoms with Crippen molar-refractivity contribution >= 4 is 0 Å². The summed E-state index contributed by atoms with van der Waals surface area (Å²) in [5.41, 5.74) is 0.622. The van der Waals surface area contributed by atoms with Gasteiger partial charge in [-0.25, -0.2) is 0 Å². The Morgan fingerprint density at radius 3 is 2.76 bits per heavy atom. The summed E-state index contributed by atoms with van der Waals surface area (Å²) in [6.07, 6.45) is 1.53. The number of likely N-dealkylation sites (N-methyl/N-ethyl adjacent to an activating group) is 1. The number of aromatic nitrogens is 2. The summed E-state index contributed by atoms with van der Waals surface area (Å²) in [4.78, 5) is 2.06. The van der Waals surface area contributed by atoms with Gasteiger partial charge in [-0.05, 0) is 26.2 Å². The molecule has 2 rings (SSSR count). The molecule has 0 amide bonds. The first kappa shape index (κ1) is 15.6. The molecule has 21 heavy (non-hydrogen) atoms. The minimum Gasteiger partial charge on any atom is -0.493 e. The molecule has 2 aromatic heterocycles. The van der Waals surface area contributed by atoms with E-state index < -0.39 is 6.10 Å². The molecule has 0 aliphatic heterocycles. The minimum atomic E-state index is -0.884. The van der Waals surface area contributed by atoms with Gasteiger partial charge in [-0.15, -0.1) is 0 Å². The summed E-state index contributed by atoms with van der Waals surface area (Å²) in [7, 11) is 5.57. The van der Waals surface area contributed by atoms with Gasteiger partial charge >= 0.3 is 0 Å². The SMILES string of the molecule is CCc1ccc(C(O)c2c(OC)cnn2CCN(C)C)o1. The Balaban J connectivity index is 2.29. The second-order valence-electron chi connectivity index (χ2n) is 5.18. The Hall–Kier alpha value is -1.79. The highest BCUT2D eigenvalue weighted by molar-refractivity contribution is 5.32. The number of rotatable bonds is 7. The minimum absolute atomic E-state index is 0.511. The van der Waals surface area contributed by atoms with Crippen LogP contribution >= 0.6 is 0 Å². The lowest BCUT2D eigenvalue weighted by Gasteiger charge is -2.15. The average Bonchev–Trinajstić information content (AvgIpc) is 3.10. The predicted molar refractivity (Wildman–Crippen MR) is 79.5 cm³/mol. The second kappa shape index (κ2) is 6.78. The van der Waals surface area contributed by atoms with E-state index in [1.54, 1.807) is 24.1 Å². The Bertz CT molecular complexity index is 574. The molecule has 0 aromatic carbocycles. The summed E-state index contributed by atoms with van der Waals surface area (Å²) in [5.74, 6) is 1.93. The molecule has 0 saturated heterocycles. The van der Waals surface area contributed by atoms with Crippen LogP contribution in [0.5, 0.6) is 5.75 Å². The van der Waals surface area contributed by atoms with E-state index in [4.69, 9.17) is 9.15 Å². The largest absolute Gasteiger partial charge is 0.493 e. The van der Waals surface area contributed by atoms with Crippen LogP contribution in [0.4, 0.5) is 0 Å². The number of ether oxygens (including phenoxy) is 1. The summed E-state index contributed by atoms with van der Waals surface area (Å²) < 4.78 is 12.7. The number of aliphatic hydroxyl groups is 1. The molecule has 0 spiro atoms. The molecule has 0 aliphatic rings. The lowest BCUT2D eigenvalue weighted by molar-refractivity contribution is 0.170.